The van der Waals surface area contributed by atoms with E-state index < -0.39 is 0 Å². The Morgan fingerprint density at radius 3 is 2.84 bits per heavy atom. The number of rotatable bonds is 2. The summed E-state index contributed by atoms with van der Waals surface area (Å²) in [6, 6.07) is 10.3. The van der Waals surface area contributed by atoms with Crippen LogP contribution in [0.15, 0.2) is 30.3 Å². The topological polar surface area (TPSA) is 48.1 Å². The van der Waals surface area contributed by atoms with Gasteiger partial charge in [-0.15, -0.1) is 0 Å². The molecule has 1 aliphatic carbocycles. The summed E-state index contributed by atoms with van der Waals surface area (Å²) >= 11 is 0. The van der Waals surface area contributed by atoms with Gasteiger partial charge in [0.1, 0.15) is 11.9 Å². The first-order valence-corrected chi connectivity index (χ1v) is 7.02. The molecule has 0 radical (unpaired) electrons. The van der Waals surface area contributed by atoms with Gasteiger partial charge in [-0.1, -0.05) is 18.6 Å². The predicted octanol–water partition coefficient (Wildman–Crippen LogP) is 3.19. The maximum absolute atomic E-state index is 6.20. The van der Waals surface area contributed by atoms with E-state index in [1.807, 2.05) is 31.2 Å². The maximum Gasteiger partial charge on any atom is 0.131 e. The molecular weight excluding hydrogens is 236 g/mol. The molecule has 1 aliphatic rings. The molecule has 0 spiro atoms. The van der Waals surface area contributed by atoms with Crippen molar-refractivity contribution in [1.82, 2.24) is 4.98 Å². The highest BCUT2D eigenvalue weighted by molar-refractivity contribution is 5.85. The Morgan fingerprint density at radius 1 is 1.21 bits per heavy atom. The van der Waals surface area contributed by atoms with E-state index in [0.29, 0.717) is 0 Å². The van der Waals surface area contributed by atoms with Gasteiger partial charge in [0.2, 0.25) is 0 Å². The molecule has 3 nitrogen and oxygen atoms in total. The molecule has 0 aliphatic heterocycles. The third kappa shape index (κ3) is 2.56. The first-order valence-electron chi connectivity index (χ1n) is 7.02. The minimum absolute atomic E-state index is 0.138. The summed E-state index contributed by atoms with van der Waals surface area (Å²) in [5, 5.41) is 1.07. The molecule has 100 valence electrons. The van der Waals surface area contributed by atoms with Crippen LogP contribution in [0.5, 0.6) is 5.75 Å². The van der Waals surface area contributed by atoms with Crippen molar-refractivity contribution in [3.63, 3.8) is 0 Å². The molecule has 3 rings (SSSR count). The van der Waals surface area contributed by atoms with Gasteiger partial charge >= 0.3 is 0 Å². The normalized spacial score (nSPS) is 23.5. The average molecular weight is 256 g/mol. The van der Waals surface area contributed by atoms with Crippen molar-refractivity contribution in [2.75, 3.05) is 0 Å². The monoisotopic (exact) mass is 256 g/mol. The lowest BCUT2D eigenvalue weighted by molar-refractivity contribution is 0.134. The number of fused-ring (bicyclic) bond motifs is 1. The molecule has 1 aromatic heterocycles. The maximum atomic E-state index is 6.20. The Bertz CT molecular complexity index is 582. The van der Waals surface area contributed by atoms with Crippen molar-refractivity contribution in [3.05, 3.63) is 36.0 Å². The van der Waals surface area contributed by atoms with Crippen molar-refractivity contribution in [3.8, 4) is 5.75 Å². The van der Waals surface area contributed by atoms with Crippen LogP contribution >= 0.6 is 0 Å². The van der Waals surface area contributed by atoms with Crippen LogP contribution < -0.4 is 10.5 Å². The van der Waals surface area contributed by atoms with Gasteiger partial charge in [-0.3, -0.25) is 4.98 Å². The lowest BCUT2D eigenvalue weighted by Crippen LogP contribution is -2.41. The summed E-state index contributed by atoms with van der Waals surface area (Å²) in [5.41, 5.74) is 8.14. The smallest absolute Gasteiger partial charge is 0.131 e. The number of nitrogens with zero attached hydrogens (tertiary/aromatic N) is 1. The minimum atomic E-state index is 0.138. The van der Waals surface area contributed by atoms with Crippen LogP contribution in [-0.2, 0) is 0 Å². The molecule has 1 aromatic carbocycles. The predicted molar refractivity (Wildman–Crippen MR) is 77.3 cm³/mol. The highest BCUT2D eigenvalue weighted by Crippen LogP contribution is 2.29. The summed E-state index contributed by atoms with van der Waals surface area (Å²) < 4.78 is 6.20. The lowest BCUT2D eigenvalue weighted by Gasteiger charge is -2.29. The van der Waals surface area contributed by atoms with Crippen LogP contribution in [0.25, 0.3) is 10.9 Å². The van der Waals surface area contributed by atoms with E-state index in [1.165, 1.54) is 12.8 Å². The molecule has 2 atom stereocenters. The molecule has 1 fully saturated rings. The van der Waals surface area contributed by atoms with Crippen LogP contribution in [0.1, 0.15) is 31.4 Å². The molecule has 2 aromatic rings. The van der Waals surface area contributed by atoms with Gasteiger partial charge in [0.05, 0.1) is 5.52 Å². The van der Waals surface area contributed by atoms with Crippen molar-refractivity contribution < 1.29 is 4.74 Å². The third-order valence-corrected chi connectivity index (χ3v) is 3.84. The Labute approximate surface area is 113 Å². The number of hydrogen-bond donors (Lipinski definition) is 1. The van der Waals surface area contributed by atoms with Crippen LogP contribution in [0.4, 0.5) is 0 Å². The van der Waals surface area contributed by atoms with E-state index in [1.54, 1.807) is 0 Å². The highest BCUT2D eigenvalue weighted by atomic mass is 16.5. The molecule has 2 unspecified atom stereocenters. The number of ether oxygens (including phenoxy) is 1. The fourth-order valence-electron chi connectivity index (χ4n) is 2.80. The van der Waals surface area contributed by atoms with E-state index >= 15 is 0 Å². The average Bonchev–Trinajstić information content (AvgIpc) is 2.41. The van der Waals surface area contributed by atoms with Crippen molar-refractivity contribution >= 4 is 10.9 Å². The van der Waals surface area contributed by atoms with Crippen LogP contribution in [0.2, 0.25) is 0 Å². The second kappa shape index (κ2) is 5.17. The number of pyridine rings is 1. The molecule has 19 heavy (non-hydrogen) atoms. The first kappa shape index (κ1) is 12.4. The van der Waals surface area contributed by atoms with E-state index in [-0.39, 0.29) is 12.1 Å². The van der Waals surface area contributed by atoms with Crippen LogP contribution in [0, 0.1) is 6.92 Å². The van der Waals surface area contributed by atoms with E-state index in [4.69, 9.17) is 10.5 Å². The molecule has 0 bridgehead atoms. The van der Waals surface area contributed by atoms with E-state index in [2.05, 4.69) is 11.1 Å². The molecule has 0 amide bonds. The zero-order valence-electron chi connectivity index (χ0n) is 11.3. The highest BCUT2D eigenvalue weighted by Gasteiger charge is 2.24. The van der Waals surface area contributed by atoms with E-state index in [9.17, 15) is 0 Å². The number of aryl methyl sites for hydroxylation is 1. The quantitative estimate of drug-likeness (QED) is 0.897. The van der Waals surface area contributed by atoms with Gasteiger partial charge in [0.15, 0.2) is 0 Å². The van der Waals surface area contributed by atoms with Gasteiger partial charge in [0.25, 0.3) is 0 Å². The number of para-hydroxylation sites is 1. The van der Waals surface area contributed by atoms with Gasteiger partial charge in [-0.25, -0.2) is 0 Å². The van der Waals surface area contributed by atoms with Gasteiger partial charge < -0.3 is 10.5 Å². The van der Waals surface area contributed by atoms with Crippen LogP contribution in [-0.4, -0.2) is 17.1 Å². The summed E-state index contributed by atoms with van der Waals surface area (Å²) in [7, 11) is 0. The largest absolute Gasteiger partial charge is 0.488 e. The fourth-order valence-corrected chi connectivity index (χ4v) is 2.80. The lowest BCUT2D eigenvalue weighted by atomic mass is 9.93. The minimum Gasteiger partial charge on any atom is -0.488 e. The number of benzene rings is 1. The molecule has 1 saturated carbocycles. The zero-order chi connectivity index (χ0) is 13.2. The molecule has 3 heteroatoms. The third-order valence-electron chi connectivity index (χ3n) is 3.84. The molecule has 2 N–H and O–H groups in total. The molecular formula is C16H20N2O. The van der Waals surface area contributed by atoms with Crippen LogP contribution in [0.3, 0.4) is 0 Å². The molecule has 1 heterocycles. The van der Waals surface area contributed by atoms with Crippen molar-refractivity contribution in [1.29, 1.82) is 0 Å². The Morgan fingerprint density at radius 2 is 2.00 bits per heavy atom. The number of aromatic nitrogens is 1. The number of hydrogen-bond acceptors (Lipinski definition) is 3. The SMILES string of the molecule is Cc1cc(OC2CCCCC2N)c2ccccc2n1. The Balaban J connectivity index is 1.95. The molecule has 0 saturated heterocycles. The summed E-state index contributed by atoms with van der Waals surface area (Å²) in [6.45, 7) is 2.00. The van der Waals surface area contributed by atoms with Crippen molar-refractivity contribution in [2.24, 2.45) is 5.73 Å². The summed E-state index contributed by atoms with van der Waals surface area (Å²) in [5.74, 6) is 0.922. The summed E-state index contributed by atoms with van der Waals surface area (Å²) in [4.78, 5) is 4.54. The second-order valence-electron chi connectivity index (χ2n) is 5.38. The first-order chi connectivity index (χ1) is 9.24. The fraction of sp³-hybridized carbons (Fsp3) is 0.438. The second-order valence-corrected chi connectivity index (χ2v) is 5.38. The van der Waals surface area contributed by atoms with Gasteiger partial charge in [-0.05, 0) is 38.3 Å². The zero-order valence-corrected chi connectivity index (χ0v) is 11.3. The van der Waals surface area contributed by atoms with Crippen molar-refractivity contribution in [2.45, 2.75) is 44.8 Å². The standard InChI is InChI=1S/C16H20N2O/c1-11-10-16(12-6-2-4-8-14(12)18-11)19-15-9-5-3-7-13(15)17/h2,4,6,8,10,13,15H,3,5,7,9,17H2,1H3. The Kier molecular flexibility index (Phi) is 3.38. The summed E-state index contributed by atoms with van der Waals surface area (Å²) in [6.07, 6.45) is 4.68. The Hall–Kier alpha value is -1.61. The number of nitrogens with two attached hydrogens (primary N) is 1. The van der Waals surface area contributed by atoms with E-state index in [0.717, 1.165) is 35.2 Å². The van der Waals surface area contributed by atoms with Gasteiger partial charge in [0, 0.05) is 23.2 Å². The van der Waals surface area contributed by atoms with Gasteiger partial charge in [-0.2, -0.15) is 0 Å².